The summed E-state index contributed by atoms with van der Waals surface area (Å²) < 4.78 is 0. The van der Waals surface area contributed by atoms with Crippen molar-refractivity contribution in [3.63, 3.8) is 0 Å². The van der Waals surface area contributed by atoms with Gasteiger partial charge in [0.25, 0.3) is 0 Å². The fourth-order valence-corrected chi connectivity index (χ4v) is 3.22. The van der Waals surface area contributed by atoms with Crippen molar-refractivity contribution in [2.45, 2.75) is 38.3 Å². The molecule has 0 bridgehead atoms. The van der Waals surface area contributed by atoms with E-state index >= 15 is 0 Å². The van der Waals surface area contributed by atoms with Crippen molar-refractivity contribution in [3.05, 3.63) is 29.8 Å². The molecule has 1 aromatic rings. The van der Waals surface area contributed by atoms with Gasteiger partial charge in [0.05, 0.1) is 0 Å². The van der Waals surface area contributed by atoms with Gasteiger partial charge in [-0.25, -0.2) is 0 Å². The number of carbonyl (C=O) groups excluding carboxylic acids is 1. The number of rotatable bonds is 6. The highest BCUT2D eigenvalue weighted by Gasteiger charge is 2.23. The molecule has 4 nitrogen and oxygen atoms in total. The van der Waals surface area contributed by atoms with Crippen LogP contribution >= 0.6 is 11.8 Å². The molecule has 22 heavy (non-hydrogen) atoms. The molecule has 0 radical (unpaired) electrons. The third kappa shape index (κ3) is 4.92. The molecule has 0 spiro atoms. The molecule has 2 rings (SSSR count). The zero-order chi connectivity index (χ0) is 15.9. The number of thioether (sulfide) groups is 1. The molecule has 1 heterocycles. The molecule has 1 aliphatic rings. The smallest absolute Gasteiger partial charge is 0.249 e. The first-order valence-electron chi connectivity index (χ1n) is 7.89. The first kappa shape index (κ1) is 17.2. The Morgan fingerprint density at radius 2 is 2.18 bits per heavy atom. The molecule has 5 heteroatoms. The molecule has 1 amide bonds. The van der Waals surface area contributed by atoms with Crippen LogP contribution in [0.3, 0.4) is 0 Å². The summed E-state index contributed by atoms with van der Waals surface area (Å²) in [5, 5.41) is 12.8. The number of nitrogens with one attached hydrogen (secondary N) is 1. The molecular weight excluding hydrogens is 296 g/mol. The monoisotopic (exact) mass is 322 g/mol. The van der Waals surface area contributed by atoms with Gasteiger partial charge in [0.2, 0.25) is 5.91 Å². The third-order valence-corrected chi connectivity index (χ3v) is 4.75. The maximum absolute atomic E-state index is 11.9. The van der Waals surface area contributed by atoms with Gasteiger partial charge >= 0.3 is 0 Å². The van der Waals surface area contributed by atoms with E-state index < -0.39 is 6.10 Å². The molecule has 122 valence electrons. The van der Waals surface area contributed by atoms with E-state index in [2.05, 4.69) is 41.4 Å². The van der Waals surface area contributed by atoms with Gasteiger partial charge in [-0.05, 0) is 55.9 Å². The van der Waals surface area contributed by atoms with Crippen molar-refractivity contribution >= 4 is 23.4 Å². The van der Waals surface area contributed by atoms with Crippen LogP contribution < -0.4 is 10.2 Å². The van der Waals surface area contributed by atoms with Gasteiger partial charge in [0.1, 0.15) is 6.10 Å². The third-order valence-electron chi connectivity index (χ3n) is 4.11. The zero-order valence-electron chi connectivity index (χ0n) is 13.4. The molecule has 1 aliphatic heterocycles. The van der Waals surface area contributed by atoms with Gasteiger partial charge in [0.15, 0.2) is 0 Å². The van der Waals surface area contributed by atoms with E-state index in [9.17, 15) is 9.90 Å². The molecule has 1 fully saturated rings. The van der Waals surface area contributed by atoms with Crippen molar-refractivity contribution in [2.24, 2.45) is 0 Å². The largest absolute Gasteiger partial charge is 0.383 e. The average molecular weight is 322 g/mol. The fraction of sp³-hybridized carbons (Fsp3) is 0.588. The minimum absolute atomic E-state index is 0.178. The van der Waals surface area contributed by atoms with E-state index in [0.717, 1.165) is 31.7 Å². The molecule has 0 aliphatic carbocycles. The van der Waals surface area contributed by atoms with Crippen LogP contribution in [0.25, 0.3) is 0 Å². The van der Waals surface area contributed by atoms with Crippen molar-refractivity contribution in [1.29, 1.82) is 0 Å². The number of nitrogens with zero attached hydrogens (tertiary/aromatic N) is 1. The maximum Gasteiger partial charge on any atom is 0.249 e. The fourth-order valence-electron chi connectivity index (χ4n) is 2.76. The molecule has 0 aromatic heterocycles. The molecule has 1 aromatic carbocycles. The molecule has 1 unspecified atom stereocenters. The normalized spacial score (nSPS) is 17.3. The SMILES string of the molecule is CSCCC(O)C(=O)NC1CCN(c2cccc(C)c2)CC1. The highest BCUT2D eigenvalue weighted by Crippen LogP contribution is 2.21. The Bertz CT molecular complexity index is 487. The predicted octanol–water partition coefficient (Wildman–Crippen LogP) is 2.19. The van der Waals surface area contributed by atoms with E-state index in [-0.39, 0.29) is 11.9 Å². The summed E-state index contributed by atoms with van der Waals surface area (Å²) in [6.45, 7) is 3.98. The molecule has 0 saturated carbocycles. The van der Waals surface area contributed by atoms with Crippen molar-refractivity contribution in [3.8, 4) is 0 Å². The Morgan fingerprint density at radius 3 is 2.82 bits per heavy atom. The first-order valence-corrected chi connectivity index (χ1v) is 9.28. The summed E-state index contributed by atoms with van der Waals surface area (Å²) in [6.07, 6.45) is 3.48. The molecule has 1 saturated heterocycles. The first-order chi connectivity index (χ1) is 10.6. The number of aryl methyl sites for hydroxylation is 1. The van der Waals surface area contributed by atoms with Gasteiger partial charge in [-0.2, -0.15) is 11.8 Å². The second-order valence-corrected chi connectivity index (χ2v) is 6.89. The van der Waals surface area contributed by atoms with Crippen LogP contribution in [0.1, 0.15) is 24.8 Å². The molecule has 2 N–H and O–H groups in total. The summed E-state index contributed by atoms with van der Waals surface area (Å²) in [6, 6.07) is 8.70. The minimum atomic E-state index is -0.873. The van der Waals surface area contributed by atoms with E-state index in [1.54, 1.807) is 11.8 Å². The highest BCUT2D eigenvalue weighted by atomic mass is 32.2. The van der Waals surface area contributed by atoms with Gasteiger partial charge in [0, 0.05) is 24.8 Å². The average Bonchev–Trinajstić information content (AvgIpc) is 2.53. The Labute approximate surface area is 137 Å². The summed E-state index contributed by atoms with van der Waals surface area (Å²) in [7, 11) is 0. The number of aliphatic hydroxyl groups is 1. The zero-order valence-corrected chi connectivity index (χ0v) is 14.2. The Hall–Kier alpha value is -1.20. The van der Waals surface area contributed by atoms with Crippen molar-refractivity contribution in [2.75, 3.05) is 30.0 Å². The topological polar surface area (TPSA) is 52.6 Å². The van der Waals surface area contributed by atoms with Gasteiger partial charge < -0.3 is 15.3 Å². The van der Waals surface area contributed by atoms with Gasteiger partial charge in [-0.3, -0.25) is 4.79 Å². The molecular formula is C17H26N2O2S. The van der Waals surface area contributed by atoms with E-state index in [0.29, 0.717) is 6.42 Å². The number of hydrogen-bond donors (Lipinski definition) is 2. The standard InChI is InChI=1S/C17H26N2O2S/c1-13-4-3-5-15(12-13)19-9-6-14(7-10-19)18-17(21)16(20)8-11-22-2/h3-5,12,14,16,20H,6-11H2,1-2H3,(H,18,21). The summed E-state index contributed by atoms with van der Waals surface area (Å²) in [4.78, 5) is 14.3. The van der Waals surface area contributed by atoms with Crippen LogP contribution in [0.15, 0.2) is 24.3 Å². The van der Waals surface area contributed by atoms with Crippen LogP contribution in [-0.2, 0) is 4.79 Å². The summed E-state index contributed by atoms with van der Waals surface area (Å²) >= 11 is 1.65. The van der Waals surface area contributed by atoms with Crippen LogP contribution in [-0.4, -0.2) is 48.3 Å². The number of piperidine rings is 1. The van der Waals surface area contributed by atoms with E-state index in [1.165, 1.54) is 11.3 Å². The van der Waals surface area contributed by atoms with Crippen molar-refractivity contribution in [1.82, 2.24) is 5.32 Å². The maximum atomic E-state index is 11.9. The van der Waals surface area contributed by atoms with Gasteiger partial charge in [-0.15, -0.1) is 0 Å². The number of carbonyl (C=O) groups is 1. The number of benzene rings is 1. The van der Waals surface area contributed by atoms with Gasteiger partial charge in [-0.1, -0.05) is 12.1 Å². The lowest BCUT2D eigenvalue weighted by Crippen LogP contribution is -2.47. The summed E-state index contributed by atoms with van der Waals surface area (Å²) in [5.41, 5.74) is 2.52. The van der Waals surface area contributed by atoms with Crippen molar-refractivity contribution < 1.29 is 9.90 Å². The second kappa shape index (κ2) is 8.44. The lowest BCUT2D eigenvalue weighted by molar-refractivity contribution is -0.130. The lowest BCUT2D eigenvalue weighted by atomic mass is 10.0. The highest BCUT2D eigenvalue weighted by molar-refractivity contribution is 7.98. The number of anilines is 1. The Balaban J connectivity index is 1.78. The number of amides is 1. The van der Waals surface area contributed by atoms with Crippen LogP contribution in [0.4, 0.5) is 5.69 Å². The van der Waals surface area contributed by atoms with E-state index in [1.807, 2.05) is 6.26 Å². The number of aliphatic hydroxyl groups excluding tert-OH is 1. The van der Waals surface area contributed by atoms with Crippen LogP contribution in [0, 0.1) is 6.92 Å². The Kier molecular flexibility index (Phi) is 6.58. The lowest BCUT2D eigenvalue weighted by Gasteiger charge is -2.34. The minimum Gasteiger partial charge on any atom is -0.383 e. The predicted molar refractivity (Wildman–Crippen MR) is 93.6 cm³/mol. The number of hydrogen-bond acceptors (Lipinski definition) is 4. The second-order valence-electron chi connectivity index (χ2n) is 5.91. The van der Waals surface area contributed by atoms with Crippen LogP contribution in [0.5, 0.6) is 0 Å². The molecule has 1 atom stereocenters. The van der Waals surface area contributed by atoms with Crippen LogP contribution in [0.2, 0.25) is 0 Å². The summed E-state index contributed by atoms with van der Waals surface area (Å²) in [5.74, 6) is 0.587. The Morgan fingerprint density at radius 1 is 1.45 bits per heavy atom. The quantitative estimate of drug-likeness (QED) is 0.843. The van der Waals surface area contributed by atoms with E-state index in [4.69, 9.17) is 0 Å².